The predicted molar refractivity (Wildman–Crippen MR) is 454 cm³/mol. The Balaban J connectivity index is 4.60. The van der Waals surface area contributed by atoms with Crippen molar-refractivity contribution in [3.63, 3.8) is 0 Å². The molecule has 0 saturated heterocycles. The summed E-state index contributed by atoms with van der Waals surface area (Å²) >= 11 is 0. The number of ether oxygens (including phenoxy) is 3. The first-order valence-corrected chi connectivity index (χ1v) is 45.4. The molecule has 16 nitrogen and oxygen atoms in total. The molecular weight excluding hydrogens is 1410 g/mol. The van der Waals surface area contributed by atoms with Crippen molar-refractivity contribution in [2.24, 2.45) is 0 Å². The molecule has 0 aliphatic carbocycles. The number of carbonyl (C=O) groups excluding carboxylic acids is 3. The molecule has 0 spiro atoms. The third-order valence-electron chi connectivity index (χ3n) is 17.4. The van der Waals surface area contributed by atoms with Crippen LogP contribution in [0.25, 0.3) is 0 Å². The van der Waals surface area contributed by atoms with Gasteiger partial charge in [0.25, 0.3) is 0 Å². The van der Waals surface area contributed by atoms with Gasteiger partial charge in [-0.3, -0.25) is 32.5 Å². The average molecular weight is 1560 g/mol. The molecule has 0 radical (unpaired) electrons. The highest BCUT2D eigenvalue weighted by molar-refractivity contribution is 7.47. The van der Waals surface area contributed by atoms with Crippen molar-refractivity contribution in [3.05, 3.63) is 170 Å². The molecule has 18 heteroatoms. The van der Waals surface area contributed by atoms with E-state index in [2.05, 4.69) is 191 Å². The zero-order chi connectivity index (χ0) is 79.4. The number of aliphatic hydroxyl groups is 2. The maximum Gasteiger partial charge on any atom is 0.472 e. The molecule has 0 rings (SSSR count). The van der Waals surface area contributed by atoms with Crippen LogP contribution in [-0.4, -0.2) is 95.9 Å². The van der Waals surface area contributed by atoms with Crippen LogP contribution in [0.15, 0.2) is 170 Å². The summed E-state index contributed by atoms with van der Waals surface area (Å²) in [5, 5.41) is 20.7. The smallest absolute Gasteiger partial charge is 0.463 e. The molecule has 5 unspecified atom stereocenters. The fourth-order valence-corrected chi connectivity index (χ4v) is 12.6. The molecule has 0 aromatic rings. The van der Waals surface area contributed by atoms with Gasteiger partial charge in [-0.25, -0.2) is 9.13 Å². The summed E-state index contributed by atoms with van der Waals surface area (Å²) in [6.07, 6.45) is 105. The maximum atomic E-state index is 13.0. The van der Waals surface area contributed by atoms with Gasteiger partial charge in [0.05, 0.1) is 26.4 Å². The van der Waals surface area contributed by atoms with E-state index >= 15 is 0 Å². The normalized spacial score (nSPS) is 14.7. The van der Waals surface area contributed by atoms with Gasteiger partial charge < -0.3 is 34.2 Å². The van der Waals surface area contributed by atoms with E-state index in [4.69, 9.17) is 32.3 Å². The minimum Gasteiger partial charge on any atom is -0.463 e. The summed E-state index contributed by atoms with van der Waals surface area (Å²) in [6, 6.07) is 0. The van der Waals surface area contributed by atoms with Crippen LogP contribution in [0.3, 0.4) is 0 Å². The van der Waals surface area contributed by atoms with Crippen molar-refractivity contribution in [2.45, 2.75) is 347 Å². The predicted octanol–water partition coefficient (Wildman–Crippen LogP) is 25.5. The van der Waals surface area contributed by atoms with E-state index in [9.17, 15) is 43.5 Å². The van der Waals surface area contributed by atoms with Crippen LogP contribution in [-0.2, 0) is 55.8 Å². The molecule has 0 aromatic carbocycles. The van der Waals surface area contributed by atoms with Gasteiger partial charge in [0, 0.05) is 19.3 Å². The van der Waals surface area contributed by atoms with Gasteiger partial charge in [0.1, 0.15) is 25.4 Å². The highest BCUT2D eigenvalue weighted by Crippen LogP contribution is 2.45. The number of allylic oxidation sites excluding steroid dienone is 28. The second kappa shape index (κ2) is 82.4. The topological polar surface area (TPSA) is 231 Å². The third kappa shape index (κ3) is 83.7. The SMILES string of the molecule is CC/C=C\C/C=C\C/C=C\C/C=C\C/C=C\CCCCCCCCCCCCCCCCCC(=O)OCC(O)COP(=O)(O)OCC(O)COP(=O)(O)OCC(COC(=O)CCCCCCCCC/C=C\C/C=C\C/C=C\C/C=C\CCCCC)OC(=O)CCCCC/C=C\C/C=C\C/C=C\C/C=C\C/C=C\CC. The Morgan fingerprint density at radius 2 is 0.486 bits per heavy atom. The zero-order valence-corrected chi connectivity index (χ0v) is 70.0. The Hall–Kier alpha value is -5.09. The van der Waals surface area contributed by atoms with Crippen molar-refractivity contribution in [1.29, 1.82) is 0 Å². The van der Waals surface area contributed by atoms with Crippen LogP contribution in [0, 0.1) is 0 Å². The second-order valence-corrected chi connectivity index (χ2v) is 30.8. The van der Waals surface area contributed by atoms with Gasteiger partial charge in [-0.15, -0.1) is 0 Å². The summed E-state index contributed by atoms with van der Waals surface area (Å²) in [5.41, 5.74) is 0. The third-order valence-corrected chi connectivity index (χ3v) is 19.3. The van der Waals surface area contributed by atoms with E-state index in [-0.39, 0.29) is 19.3 Å². The first-order chi connectivity index (χ1) is 53.2. The zero-order valence-electron chi connectivity index (χ0n) is 68.2. The summed E-state index contributed by atoms with van der Waals surface area (Å²) in [6.45, 7) is 2.39. The minimum absolute atomic E-state index is 0.0576. The number of aliphatic hydroxyl groups excluding tert-OH is 2. The first-order valence-electron chi connectivity index (χ1n) is 42.4. The number of unbranched alkanes of at least 4 members (excludes halogenated alkanes) is 28. The van der Waals surface area contributed by atoms with E-state index in [1.807, 2.05) is 0 Å². The molecule has 0 saturated carbocycles. The molecule has 0 aliphatic heterocycles. The maximum absolute atomic E-state index is 13.0. The standard InChI is InChI=1S/C91H152O16P2/c1-4-7-10-13-16-19-22-25-28-31-34-36-38-39-40-41-42-43-44-45-47-49-51-53-56-59-62-65-68-71-74-77-89(94)101-80-86(92)81-103-108(97,98)104-82-87(93)83-105-109(99,100)106-85-88(107-91(96)79-76-73-70-67-64-61-58-55-50-33-30-27-24-21-18-15-12-9-6-3)84-102-90(95)78-75-72-69-66-63-60-57-54-52-48-46-37-35-32-29-26-23-20-17-14-11-8-5-2/h7,9-10,12,16-21,25-30,34-37,39-40,48,50,52,55,61,64,86-88,92-93H,4-6,8,11,13-15,22-24,31-33,38,41-47,49,51,53-54,56-60,62-63,65-85H2,1-3H3,(H,97,98)(H,99,100)/b10-7-,12-9-,19-16-,20-17-,21-18-,28-25-,29-26-,30-27-,36-34-,37-35-,40-39-,52-48-,55-50-,64-61-. The fourth-order valence-electron chi connectivity index (χ4n) is 11.0. The van der Waals surface area contributed by atoms with Crippen LogP contribution in [0.5, 0.6) is 0 Å². The van der Waals surface area contributed by atoms with Gasteiger partial charge in [-0.2, -0.15) is 0 Å². The van der Waals surface area contributed by atoms with Crippen LogP contribution in [0.4, 0.5) is 0 Å². The highest BCUT2D eigenvalue weighted by Gasteiger charge is 2.29. The minimum atomic E-state index is -4.95. The van der Waals surface area contributed by atoms with Gasteiger partial charge in [0.15, 0.2) is 6.10 Å². The van der Waals surface area contributed by atoms with Crippen molar-refractivity contribution < 1.29 is 75.8 Å². The summed E-state index contributed by atoms with van der Waals surface area (Å²) in [4.78, 5) is 58.8. The van der Waals surface area contributed by atoms with Crippen LogP contribution >= 0.6 is 15.6 Å². The molecule has 0 amide bonds. The molecule has 0 heterocycles. The number of carbonyl (C=O) groups is 3. The Labute approximate surface area is 662 Å². The monoisotopic (exact) mass is 1560 g/mol. The Bertz CT molecular complexity index is 2660. The van der Waals surface area contributed by atoms with E-state index in [1.165, 1.54) is 103 Å². The van der Waals surface area contributed by atoms with Crippen molar-refractivity contribution in [2.75, 3.05) is 39.6 Å². The number of hydrogen-bond acceptors (Lipinski definition) is 14. The fraction of sp³-hybridized carbons (Fsp3) is 0.659. The number of hydrogen-bond donors (Lipinski definition) is 4. The second-order valence-electron chi connectivity index (χ2n) is 27.9. The first kappa shape index (κ1) is 104. The quantitative estimate of drug-likeness (QED) is 0.0146. The van der Waals surface area contributed by atoms with E-state index in [1.54, 1.807) is 0 Å². The highest BCUT2D eigenvalue weighted by atomic mass is 31.2. The largest absolute Gasteiger partial charge is 0.472 e. The number of esters is 3. The van der Waals surface area contributed by atoms with Gasteiger partial charge >= 0.3 is 33.6 Å². The van der Waals surface area contributed by atoms with Crippen molar-refractivity contribution in [1.82, 2.24) is 0 Å². The van der Waals surface area contributed by atoms with Crippen LogP contribution < -0.4 is 0 Å². The average Bonchev–Trinajstić information content (AvgIpc) is 0.902. The van der Waals surface area contributed by atoms with E-state index in [0.29, 0.717) is 19.3 Å². The van der Waals surface area contributed by atoms with Gasteiger partial charge in [0.2, 0.25) is 0 Å². The molecule has 5 atom stereocenters. The number of rotatable bonds is 79. The molecule has 0 aromatic heterocycles. The molecule has 0 fully saturated rings. The van der Waals surface area contributed by atoms with Crippen LogP contribution in [0.2, 0.25) is 0 Å². The number of phosphoric ester groups is 2. The van der Waals surface area contributed by atoms with Crippen molar-refractivity contribution in [3.8, 4) is 0 Å². The summed E-state index contributed by atoms with van der Waals surface area (Å²) in [7, 11) is -9.82. The van der Waals surface area contributed by atoms with Gasteiger partial charge in [-0.05, 0) is 154 Å². The van der Waals surface area contributed by atoms with Crippen molar-refractivity contribution >= 4 is 33.6 Å². The van der Waals surface area contributed by atoms with E-state index < -0.39 is 91.5 Å². The molecule has 0 aliphatic rings. The summed E-state index contributed by atoms with van der Waals surface area (Å²) in [5.74, 6) is -1.63. The Morgan fingerprint density at radius 1 is 0.266 bits per heavy atom. The molecule has 0 bridgehead atoms. The molecule has 4 N–H and O–H groups in total. The molecule has 622 valence electrons. The number of phosphoric acid groups is 2. The lowest BCUT2D eigenvalue weighted by atomic mass is 10.0. The van der Waals surface area contributed by atoms with Gasteiger partial charge in [-0.1, -0.05) is 326 Å². The summed E-state index contributed by atoms with van der Waals surface area (Å²) < 4.78 is 61.3. The molecule has 109 heavy (non-hydrogen) atoms. The lowest BCUT2D eigenvalue weighted by molar-refractivity contribution is -0.161. The lowest BCUT2D eigenvalue weighted by Gasteiger charge is -2.21. The lowest BCUT2D eigenvalue weighted by Crippen LogP contribution is -2.30. The Morgan fingerprint density at radius 3 is 0.780 bits per heavy atom. The Kier molecular flexibility index (Phi) is 78.5. The van der Waals surface area contributed by atoms with E-state index in [0.717, 1.165) is 167 Å². The van der Waals surface area contributed by atoms with Crippen LogP contribution in [0.1, 0.15) is 329 Å². The molecular formula is C91H152O16P2.